The SMILES string of the molecule is CCOCC(N)Cc1ccc2ccccc2c1. The summed E-state index contributed by atoms with van der Waals surface area (Å²) in [5.74, 6) is 0. The number of hydrogen-bond acceptors (Lipinski definition) is 2. The van der Waals surface area contributed by atoms with Crippen LogP contribution in [-0.2, 0) is 11.2 Å². The highest BCUT2D eigenvalue weighted by Crippen LogP contribution is 2.16. The molecule has 17 heavy (non-hydrogen) atoms. The van der Waals surface area contributed by atoms with Gasteiger partial charge >= 0.3 is 0 Å². The van der Waals surface area contributed by atoms with Gasteiger partial charge in [-0.15, -0.1) is 0 Å². The van der Waals surface area contributed by atoms with Crippen LogP contribution < -0.4 is 5.73 Å². The first-order chi connectivity index (χ1) is 8.29. The van der Waals surface area contributed by atoms with E-state index < -0.39 is 0 Å². The molecule has 0 bridgehead atoms. The summed E-state index contributed by atoms with van der Waals surface area (Å²) in [5, 5.41) is 2.54. The first-order valence-corrected chi connectivity index (χ1v) is 6.10. The van der Waals surface area contributed by atoms with Crippen molar-refractivity contribution in [1.29, 1.82) is 0 Å². The van der Waals surface area contributed by atoms with Crippen LogP contribution in [0.3, 0.4) is 0 Å². The van der Waals surface area contributed by atoms with Crippen LogP contribution in [0.2, 0.25) is 0 Å². The van der Waals surface area contributed by atoms with Gasteiger partial charge in [-0.05, 0) is 29.7 Å². The zero-order valence-corrected chi connectivity index (χ0v) is 10.2. The second-order valence-corrected chi connectivity index (χ2v) is 4.31. The van der Waals surface area contributed by atoms with Gasteiger partial charge in [0.15, 0.2) is 0 Å². The van der Waals surface area contributed by atoms with E-state index in [0.29, 0.717) is 6.61 Å². The molecule has 0 aliphatic rings. The molecule has 0 amide bonds. The highest BCUT2D eigenvalue weighted by Gasteiger charge is 2.04. The van der Waals surface area contributed by atoms with Crippen molar-refractivity contribution in [1.82, 2.24) is 0 Å². The molecule has 0 spiro atoms. The Kier molecular flexibility index (Phi) is 4.13. The maximum atomic E-state index is 6.01. The van der Waals surface area contributed by atoms with E-state index in [4.69, 9.17) is 10.5 Å². The predicted octanol–water partition coefficient (Wildman–Crippen LogP) is 2.75. The summed E-state index contributed by atoms with van der Waals surface area (Å²) < 4.78 is 5.33. The van der Waals surface area contributed by atoms with Crippen molar-refractivity contribution in [2.45, 2.75) is 19.4 Å². The van der Waals surface area contributed by atoms with Crippen LogP contribution in [0.1, 0.15) is 12.5 Å². The number of ether oxygens (including phenoxy) is 1. The van der Waals surface area contributed by atoms with Gasteiger partial charge in [-0.2, -0.15) is 0 Å². The molecule has 2 aromatic rings. The highest BCUT2D eigenvalue weighted by molar-refractivity contribution is 5.82. The van der Waals surface area contributed by atoms with Gasteiger partial charge in [0, 0.05) is 12.6 Å². The minimum atomic E-state index is 0.0797. The van der Waals surface area contributed by atoms with Gasteiger partial charge < -0.3 is 10.5 Å². The Bertz CT molecular complexity index is 481. The molecule has 0 fully saturated rings. The molecule has 2 rings (SSSR count). The largest absolute Gasteiger partial charge is 0.380 e. The molecular weight excluding hydrogens is 210 g/mol. The fourth-order valence-corrected chi connectivity index (χ4v) is 2.00. The second-order valence-electron chi connectivity index (χ2n) is 4.31. The van der Waals surface area contributed by atoms with Crippen LogP contribution in [-0.4, -0.2) is 19.3 Å². The molecule has 2 heteroatoms. The lowest BCUT2D eigenvalue weighted by Crippen LogP contribution is -2.28. The molecule has 2 nitrogen and oxygen atoms in total. The summed E-state index contributed by atoms with van der Waals surface area (Å²) in [4.78, 5) is 0. The predicted molar refractivity (Wildman–Crippen MR) is 72.1 cm³/mol. The molecular formula is C15H19NO. The maximum absolute atomic E-state index is 6.01. The molecule has 0 saturated heterocycles. The average molecular weight is 229 g/mol. The van der Waals surface area contributed by atoms with E-state index >= 15 is 0 Å². The minimum Gasteiger partial charge on any atom is -0.380 e. The molecule has 1 unspecified atom stereocenters. The number of benzene rings is 2. The Hall–Kier alpha value is -1.38. The lowest BCUT2D eigenvalue weighted by molar-refractivity contribution is 0.133. The molecule has 0 saturated carbocycles. The fourth-order valence-electron chi connectivity index (χ4n) is 2.00. The number of nitrogens with two attached hydrogens (primary N) is 1. The molecule has 2 N–H and O–H groups in total. The lowest BCUT2D eigenvalue weighted by Gasteiger charge is -2.11. The zero-order chi connectivity index (χ0) is 12.1. The van der Waals surface area contributed by atoms with E-state index in [0.717, 1.165) is 13.0 Å². The second kappa shape index (κ2) is 5.80. The number of fused-ring (bicyclic) bond motifs is 1. The van der Waals surface area contributed by atoms with Gasteiger partial charge in [-0.3, -0.25) is 0 Å². The summed E-state index contributed by atoms with van der Waals surface area (Å²) >= 11 is 0. The summed E-state index contributed by atoms with van der Waals surface area (Å²) in [5.41, 5.74) is 7.28. The van der Waals surface area contributed by atoms with Crippen molar-refractivity contribution in [3.05, 3.63) is 48.0 Å². The summed E-state index contributed by atoms with van der Waals surface area (Å²) in [6.07, 6.45) is 0.866. The van der Waals surface area contributed by atoms with Gasteiger partial charge in [-0.25, -0.2) is 0 Å². The fraction of sp³-hybridized carbons (Fsp3) is 0.333. The van der Waals surface area contributed by atoms with Crippen LogP contribution >= 0.6 is 0 Å². The molecule has 0 aliphatic heterocycles. The Morgan fingerprint density at radius 3 is 2.65 bits per heavy atom. The van der Waals surface area contributed by atoms with Gasteiger partial charge in [0.2, 0.25) is 0 Å². The minimum absolute atomic E-state index is 0.0797. The smallest absolute Gasteiger partial charge is 0.0620 e. The van der Waals surface area contributed by atoms with E-state index in [-0.39, 0.29) is 6.04 Å². The lowest BCUT2D eigenvalue weighted by atomic mass is 10.0. The monoisotopic (exact) mass is 229 g/mol. The van der Waals surface area contributed by atoms with Crippen LogP contribution in [0.25, 0.3) is 10.8 Å². The molecule has 0 aromatic heterocycles. The average Bonchev–Trinajstić information content (AvgIpc) is 2.36. The van der Waals surface area contributed by atoms with E-state index in [9.17, 15) is 0 Å². The standard InChI is InChI=1S/C15H19NO/c1-2-17-11-15(16)10-12-7-8-13-5-3-4-6-14(13)9-12/h3-9,15H,2,10-11,16H2,1H3. The Labute approximate surface area is 102 Å². The van der Waals surface area contributed by atoms with Crippen molar-refractivity contribution in [2.24, 2.45) is 5.73 Å². The van der Waals surface area contributed by atoms with Crippen molar-refractivity contribution in [3.8, 4) is 0 Å². The van der Waals surface area contributed by atoms with Crippen LogP contribution in [0, 0.1) is 0 Å². The van der Waals surface area contributed by atoms with Crippen molar-refractivity contribution >= 4 is 10.8 Å². The summed E-state index contributed by atoms with van der Waals surface area (Å²) in [6.45, 7) is 3.34. The maximum Gasteiger partial charge on any atom is 0.0620 e. The van der Waals surface area contributed by atoms with Crippen molar-refractivity contribution in [3.63, 3.8) is 0 Å². The molecule has 0 heterocycles. The van der Waals surface area contributed by atoms with E-state index in [1.165, 1.54) is 16.3 Å². The van der Waals surface area contributed by atoms with Crippen molar-refractivity contribution < 1.29 is 4.74 Å². The molecule has 1 atom stereocenters. The van der Waals surface area contributed by atoms with Gasteiger partial charge in [0.1, 0.15) is 0 Å². The van der Waals surface area contributed by atoms with Gasteiger partial charge in [-0.1, -0.05) is 42.5 Å². The third-order valence-corrected chi connectivity index (χ3v) is 2.85. The van der Waals surface area contributed by atoms with Gasteiger partial charge in [0.25, 0.3) is 0 Å². The Morgan fingerprint density at radius 1 is 1.12 bits per heavy atom. The third kappa shape index (κ3) is 3.29. The third-order valence-electron chi connectivity index (χ3n) is 2.85. The van der Waals surface area contributed by atoms with Crippen molar-refractivity contribution in [2.75, 3.05) is 13.2 Å². The molecule has 0 aliphatic carbocycles. The van der Waals surface area contributed by atoms with Crippen LogP contribution in [0.5, 0.6) is 0 Å². The zero-order valence-electron chi connectivity index (χ0n) is 10.2. The Morgan fingerprint density at radius 2 is 1.88 bits per heavy atom. The number of rotatable bonds is 5. The van der Waals surface area contributed by atoms with Gasteiger partial charge in [0.05, 0.1) is 6.61 Å². The first-order valence-electron chi connectivity index (χ1n) is 6.10. The quantitative estimate of drug-likeness (QED) is 0.855. The first kappa shape index (κ1) is 12.1. The topological polar surface area (TPSA) is 35.2 Å². The normalized spacial score (nSPS) is 12.8. The highest BCUT2D eigenvalue weighted by atomic mass is 16.5. The summed E-state index contributed by atoms with van der Waals surface area (Å²) in [6, 6.07) is 15.0. The van der Waals surface area contributed by atoms with E-state index in [1.807, 2.05) is 6.92 Å². The molecule has 2 aromatic carbocycles. The molecule has 90 valence electrons. The van der Waals surface area contributed by atoms with E-state index in [2.05, 4.69) is 42.5 Å². The molecule has 0 radical (unpaired) electrons. The van der Waals surface area contributed by atoms with E-state index in [1.54, 1.807) is 0 Å². The summed E-state index contributed by atoms with van der Waals surface area (Å²) in [7, 11) is 0. The Balaban J connectivity index is 2.08. The van der Waals surface area contributed by atoms with Crippen LogP contribution in [0.15, 0.2) is 42.5 Å². The number of hydrogen-bond donors (Lipinski definition) is 1. The van der Waals surface area contributed by atoms with Crippen LogP contribution in [0.4, 0.5) is 0 Å².